The Kier molecular flexibility index (Phi) is 4.34. The lowest BCUT2D eigenvalue weighted by Crippen LogP contribution is -2.27. The van der Waals surface area contributed by atoms with Crippen molar-refractivity contribution in [2.45, 2.75) is 25.1 Å². The fourth-order valence-electron chi connectivity index (χ4n) is 1.59. The SMILES string of the molecule is CNCCC(C)(O)c1ccc(F)c(C(F)(F)F)c1. The van der Waals surface area contributed by atoms with E-state index >= 15 is 0 Å². The van der Waals surface area contributed by atoms with Gasteiger partial charge in [-0.05, 0) is 44.6 Å². The number of rotatable bonds is 4. The molecule has 0 aliphatic heterocycles. The van der Waals surface area contributed by atoms with Crippen LogP contribution in [0.2, 0.25) is 0 Å². The minimum absolute atomic E-state index is 0.0477. The lowest BCUT2D eigenvalue weighted by Gasteiger charge is -2.24. The highest BCUT2D eigenvalue weighted by atomic mass is 19.4. The van der Waals surface area contributed by atoms with Crippen LogP contribution in [0.1, 0.15) is 24.5 Å². The Morgan fingerprint density at radius 3 is 2.39 bits per heavy atom. The van der Waals surface area contributed by atoms with Gasteiger partial charge < -0.3 is 10.4 Å². The zero-order valence-corrected chi connectivity index (χ0v) is 10.1. The van der Waals surface area contributed by atoms with Gasteiger partial charge in [0.2, 0.25) is 0 Å². The Morgan fingerprint density at radius 2 is 1.89 bits per heavy atom. The van der Waals surface area contributed by atoms with Gasteiger partial charge in [0.25, 0.3) is 0 Å². The maximum Gasteiger partial charge on any atom is 0.419 e. The summed E-state index contributed by atoms with van der Waals surface area (Å²) in [5, 5.41) is 12.9. The smallest absolute Gasteiger partial charge is 0.385 e. The van der Waals surface area contributed by atoms with Crippen LogP contribution < -0.4 is 5.32 Å². The lowest BCUT2D eigenvalue weighted by atomic mass is 9.91. The zero-order chi connectivity index (χ0) is 14.0. The van der Waals surface area contributed by atoms with Crippen molar-refractivity contribution in [3.05, 3.63) is 35.1 Å². The average Bonchev–Trinajstić information content (AvgIpc) is 2.25. The van der Waals surface area contributed by atoms with E-state index in [1.54, 1.807) is 7.05 Å². The highest BCUT2D eigenvalue weighted by Crippen LogP contribution is 2.34. The topological polar surface area (TPSA) is 32.3 Å². The minimum atomic E-state index is -4.76. The van der Waals surface area contributed by atoms with Gasteiger partial charge in [-0.25, -0.2) is 4.39 Å². The molecule has 0 aromatic heterocycles. The van der Waals surface area contributed by atoms with Gasteiger partial charge in [-0.3, -0.25) is 0 Å². The molecule has 0 radical (unpaired) electrons. The Bertz CT molecular complexity index is 415. The molecule has 1 unspecified atom stereocenters. The number of alkyl halides is 3. The molecule has 0 fully saturated rings. The molecule has 102 valence electrons. The number of aliphatic hydroxyl groups is 1. The van der Waals surface area contributed by atoms with Gasteiger partial charge in [0.15, 0.2) is 0 Å². The van der Waals surface area contributed by atoms with Gasteiger partial charge in [-0.15, -0.1) is 0 Å². The molecule has 2 nitrogen and oxygen atoms in total. The van der Waals surface area contributed by atoms with Gasteiger partial charge >= 0.3 is 6.18 Å². The monoisotopic (exact) mass is 265 g/mol. The average molecular weight is 265 g/mol. The van der Waals surface area contributed by atoms with Crippen LogP contribution in [0, 0.1) is 5.82 Å². The van der Waals surface area contributed by atoms with E-state index in [-0.39, 0.29) is 12.0 Å². The number of halogens is 4. The third-order valence-electron chi connectivity index (χ3n) is 2.76. The molecule has 1 aromatic rings. The first-order valence-corrected chi connectivity index (χ1v) is 5.42. The van der Waals surface area contributed by atoms with Crippen molar-refractivity contribution < 1.29 is 22.7 Å². The maximum absolute atomic E-state index is 13.1. The van der Waals surface area contributed by atoms with Crippen molar-refractivity contribution in [1.82, 2.24) is 5.32 Å². The van der Waals surface area contributed by atoms with Gasteiger partial charge in [-0.2, -0.15) is 13.2 Å². The summed E-state index contributed by atoms with van der Waals surface area (Å²) in [6, 6.07) is 2.55. The molecular formula is C12H15F4NO. The summed E-state index contributed by atoms with van der Waals surface area (Å²) < 4.78 is 50.7. The van der Waals surface area contributed by atoms with Crippen molar-refractivity contribution in [3.8, 4) is 0 Å². The largest absolute Gasteiger partial charge is 0.419 e. The summed E-state index contributed by atoms with van der Waals surface area (Å²) in [5.74, 6) is -1.34. The van der Waals surface area contributed by atoms with E-state index in [1.807, 2.05) is 0 Å². The van der Waals surface area contributed by atoms with Crippen LogP contribution >= 0.6 is 0 Å². The number of hydrogen-bond donors (Lipinski definition) is 2. The molecule has 0 spiro atoms. The fourth-order valence-corrected chi connectivity index (χ4v) is 1.59. The summed E-state index contributed by atoms with van der Waals surface area (Å²) in [5.41, 5.74) is -2.74. The van der Waals surface area contributed by atoms with Crippen LogP contribution in [0.5, 0.6) is 0 Å². The Hall–Kier alpha value is -1.14. The lowest BCUT2D eigenvalue weighted by molar-refractivity contribution is -0.140. The van der Waals surface area contributed by atoms with Gasteiger partial charge in [0.05, 0.1) is 11.2 Å². The second kappa shape index (κ2) is 5.24. The predicted octanol–water partition coefficient (Wildman–Crippen LogP) is 2.66. The second-order valence-corrected chi connectivity index (χ2v) is 4.32. The highest BCUT2D eigenvalue weighted by Gasteiger charge is 2.35. The molecular weight excluding hydrogens is 250 g/mol. The van der Waals surface area contributed by atoms with Crippen molar-refractivity contribution in [1.29, 1.82) is 0 Å². The van der Waals surface area contributed by atoms with Crippen LogP contribution in [0.3, 0.4) is 0 Å². The Morgan fingerprint density at radius 1 is 1.28 bits per heavy atom. The Balaban J connectivity index is 3.12. The third-order valence-corrected chi connectivity index (χ3v) is 2.76. The van der Waals surface area contributed by atoms with Crippen LogP contribution in [-0.4, -0.2) is 18.7 Å². The van der Waals surface area contributed by atoms with Crippen LogP contribution in [-0.2, 0) is 11.8 Å². The summed E-state index contributed by atoms with van der Waals surface area (Å²) in [7, 11) is 1.67. The molecule has 1 atom stereocenters. The van der Waals surface area contributed by atoms with E-state index in [0.29, 0.717) is 12.6 Å². The molecule has 2 N–H and O–H groups in total. The summed E-state index contributed by atoms with van der Waals surface area (Å²) in [6.07, 6.45) is -4.54. The third kappa shape index (κ3) is 3.43. The first-order chi connectivity index (χ1) is 8.18. The normalized spacial score (nSPS) is 15.5. The van der Waals surface area contributed by atoms with Gasteiger partial charge in [0, 0.05) is 0 Å². The minimum Gasteiger partial charge on any atom is -0.385 e. The molecule has 0 saturated carbocycles. The van der Waals surface area contributed by atoms with Crippen molar-refractivity contribution in [2.24, 2.45) is 0 Å². The van der Waals surface area contributed by atoms with E-state index < -0.39 is 23.2 Å². The second-order valence-electron chi connectivity index (χ2n) is 4.32. The van der Waals surface area contributed by atoms with Gasteiger partial charge in [-0.1, -0.05) is 6.07 Å². The molecule has 0 amide bonds. The summed E-state index contributed by atoms with van der Waals surface area (Å²) >= 11 is 0. The van der Waals surface area contributed by atoms with E-state index in [4.69, 9.17) is 0 Å². The fraction of sp³-hybridized carbons (Fsp3) is 0.500. The van der Waals surface area contributed by atoms with E-state index in [1.165, 1.54) is 13.0 Å². The molecule has 0 heterocycles. The van der Waals surface area contributed by atoms with Crippen LogP contribution in [0.4, 0.5) is 17.6 Å². The molecule has 6 heteroatoms. The molecule has 1 aromatic carbocycles. The first-order valence-electron chi connectivity index (χ1n) is 5.42. The van der Waals surface area contributed by atoms with Crippen LogP contribution in [0.15, 0.2) is 18.2 Å². The number of hydrogen-bond acceptors (Lipinski definition) is 2. The van der Waals surface area contributed by atoms with E-state index in [0.717, 1.165) is 6.07 Å². The first kappa shape index (κ1) is 14.9. The standard InChI is InChI=1S/C12H15F4NO/c1-11(18,5-6-17-2)8-3-4-10(13)9(7-8)12(14,15)16/h3-4,7,17-18H,5-6H2,1-2H3. The highest BCUT2D eigenvalue weighted by molar-refractivity contribution is 5.30. The Labute approximate surface area is 103 Å². The molecule has 18 heavy (non-hydrogen) atoms. The maximum atomic E-state index is 13.1. The van der Waals surface area contributed by atoms with Crippen LogP contribution in [0.25, 0.3) is 0 Å². The number of nitrogens with one attached hydrogen (secondary N) is 1. The van der Waals surface area contributed by atoms with Crippen molar-refractivity contribution in [3.63, 3.8) is 0 Å². The molecule has 0 bridgehead atoms. The molecule has 1 rings (SSSR count). The number of benzene rings is 1. The van der Waals surface area contributed by atoms with E-state index in [9.17, 15) is 22.7 Å². The van der Waals surface area contributed by atoms with Crippen molar-refractivity contribution in [2.75, 3.05) is 13.6 Å². The molecule has 0 aliphatic rings. The molecule has 0 aliphatic carbocycles. The van der Waals surface area contributed by atoms with Crippen molar-refractivity contribution >= 4 is 0 Å². The predicted molar refractivity (Wildman–Crippen MR) is 59.5 cm³/mol. The quantitative estimate of drug-likeness (QED) is 0.820. The summed E-state index contributed by atoms with van der Waals surface area (Å²) in [4.78, 5) is 0. The summed E-state index contributed by atoms with van der Waals surface area (Å²) in [6.45, 7) is 1.84. The van der Waals surface area contributed by atoms with E-state index in [2.05, 4.69) is 5.32 Å². The van der Waals surface area contributed by atoms with Gasteiger partial charge in [0.1, 0.15) is 5.82 Å². The zero-order valence-electron chi connectivity index (χ0n) is 10.1. The molecule has 0 saturated heterocycles.